The molecule has 1 aliphatic heterocycles. The summed E-state index contributed by atoms with van der Waals surface area (Å²) in [5, 5.41) is 3.26. The smallest absolute Gasteiger partial charge is 0.255 e. The molecule has 1 N–H and O–H groups in total. The van der Waals surface area contributed by atoms with E-state index in [1.807, 2.05) is 12.1 Å². The Kier molecular flexibility index (Phi) is 5.51. The van der Waals surface area contributed by atoms with Crippen LogP contribution in [0.1, 0.15) is 42.1 Å². The van der Waals surface area contributed by atoms with E-state index < -0.39 is 9.84 Å². The molecule has 144 valence electrons. The molecule has 0 aliphatic carbocycles. The summed E-state index contributed by atoms with van der Waals surface area (Å²) in [7, 11) is -1.39. The van der Waals surface area contributed by atoms with E-state index in [0.29, 0.717) is 23.6 Å². The Morgan fingerprint density at radius 1 is 1.19 bits per heavy atom. The first-order valence-corrected chi connectivity index (χ1v) is 10.9. The first kappa shape index (κ1) is 19.4. The van der Waals surface area contributed by atoms with Gasteiger partial charge in [0.1, 0.15) is 0 Å². The zero-order valence-corrected chi connectivity index (χ0v) is 16.7. The predicted octanol–water partition coefficient (Wildman–Crippen LogP) is 3.21. The van der Waals surface area contributed by atoms with Gasteiger partial charge in [0.2, 0.25) is 0 Å². The van der Waals surface area contributed by atoms with Gasteiger partial charge in [-0.05, 0) is 36.1 Å². The normalized spacial score (nSPS) is 18.4. The highest BCUT2D eigenvalue weighted by molar-refractivity contribution is 7.91. The van der Waals surface area contributed by atoms with Crippen LogP contribution in [-0.2, 0) is 9.84 Å². The number of sulfone groups is 1. The lowest BCUT2D eigenvalue weighted by Gasteiger charge is -2.23. The number of amides is 1. The highest BCUT2D eigenvalue weighted by atomic mass is 32.2. The molecule has 2 heterocycles. The van der Waals surface area contributed by atoms with Gasteiger partial charge in [-0.2, -0.15) is 0 Å². The molecule has 0 radical (unpaired) electrons. The van der Waals surface area contributed by atoms with E-state index in [-0.39, 0.29) is 23.5 Å². The Hall–Kier alpha value is -2.41. The van der Waals surface area contributed by atoms with Gasteiger partial charge >= 0.3 is 0 Å². The van der Waals surface area contributed by atoms with Gasteiger partial charge in [0.05, 0.1) is 29.0 Å². The molecule has 3 rings (SSSR count). The van der Waals surface area contributed by atoms with Crippen molar-refractivity contribution in [2.75, 3.05) is 23.9 Å². The molecule has 0 spiro atoms. The average molecular weight is 388 g/mol. The first-order valence-electron chi connectivity index (χ1n) is 9.05. The number of hydrogen-bond acceptors (Lipinski definition) is 5. The predicted molar refractivity (Wildman–Crippen MR) is 107 cm³/mol. The molecule has 0 saturated carbocycles. The van der Waals surface area contributed by atoms with Crippen LogP contribution < -0.4 is 5.32 Å². The number of anilines is 2. The fraction of sp³-hybridized carbons (Fsp3) is 0.400. The van der Waals surface area contributed by atoms with Gasteiger partial charge in [0.25, 0.3) is 5.91 Å². The molecule has 2 aromatic rings. The van der Waals surface area contributed by atoms with Crippen LogP contribution in [0.5, 0.6) is 0 Å². The van der Waals surface area contributed by atoms with Crippen molar-refractivity contribution >= 4 is 27.1 Å². The molecule has 1 aromatic carbocycles. The molecule has 1 aromatic heterocycles. The molecule has 1 saturated heterocycles. The summed E-state index contributed by atoms with van der Waals surface area (Å²) < 4.78 is 23.3. The van der Waals surface area contributed by atoms with Gasteiger partial charge in [-0.15, -0.1) is 0 Å². The van der Waals surface area contributed by atoms with E-state index in [0.717, 1.165) is 5.69 Å². The van der Waals surface area contributed by atoms with Gasteiger partial charge in [0, 0.05) is 25.0 Å². The standard InChI is InChI=1S/C20H25N3O3S/c1-14(2)15-4-6-17(7-5-15)22-18-10-16(11-21-12-18)20(24)23(3)19-8-9-27(25,26)13-19/h4-7,10-12,14,19,22H,8-9,13H2,1-3H3. The van der Waals surface area contributed by atoms with Crippen molar-refractivity contribution in [3.8, 4) is 0 Å². The number of nitrogens with zero attached hydrogens (tertiary/aromatic N) is 2. The fourth-order valence-electron chi connectivity index (χ4n) is 3.19. The monoisotopic (exact) mass is 387 g/mol. The van der Waals surface area contributed by atoms with Crippen LogP contribution in [0.4, 0.5) is 11.4 Å². The minimum absolute atomic E-state index is 0.0306. The highest BCUT2D eigenvalue weighted by Gasteiger charge is 2.33. The molecule has 27 heavy (non-hydrogen) atoms. The third-order valence-electron chi connectivity index (χ3n) is 4.93. The summed E-state index contributed by atoms with van der Waals surface area (Å²) in [6.45, 7) is 4.29. The fourth-order valence-corrected chi connectivity index (χ4v) is 4.97. The Labute approximate surface area is 160 Å². The molecule has 0 bridgehead atoms. The minimum atomic E-state index is -3.04. The van der Waals surface area contributed by atoms with Crippen LogP contribution in [-0.4, -0.2) is 48.8 Å². The number of hydrogen-bond donors (Lipinski definition) is 1. The average Bonchev–Trinajstić information content (AvgIpc) is 3.01. The van der Waals surface area contributed by atoms with Gasteiger partial charge in [0.15, 0.2) is 9.84 Å². The largest absolute Gasteiger partial charge is 0.354 e. The second kappa shape index (κ2) is 7.68. The number of benzene rings is 1. The Morgan fingerprint density at radius 3 is 2.48 bits per heavy atom. The summed E-state index contributed by atoms with van der Waals surface area (Å²) >= 11 is 0. The summed E-state index contributed by atoms with van der Waals surface area (Å²) in [6.07, 6.45) is 3.65. The second-order valence-corrected chi connectivity index (χ2v) is 9.57. The second-order valence-electron chi connectivity index (χ2n) is 7.34. The minimum Gasteiger partial charge on any atom is -0.354 e. The van der Waals surface area contributed by atoms with Crippen molar-refractivity contribution in [1.82, 2.24) is 9.88 Å². The molecule has 1 atom stereocenters. The molecule has 7 heteroatoms. The van der Waals surface area contributed by atoms with Crippen molar-refractivity contribution in [2.24, 2.45) is 0 Å². The van der Waals surface area contributed by atoms with Gasteiger partial charge < -0.3 is 10.2 Å². The van der Waals surface area contributed by atoms with Crippen LogP contribution in [0.15, 0.2) is 42.7 Å². The number of rotatable bonds is 5. The van der Waals surface area contributed by atoms with Crippen molar-refractivity contribution in [3.63, 3.8) is 0 Å². The topological polar surface area (TPSA) is 79.4 Å². The van der Waals surface area contributed by atoms with Crippen molar-refractivity contribution in [2.45, 2.75) is 32.2 Å². The maximum absolute atomic E-state index is 12.7. The lowest BCUT2D eigenvalue weighted by Crippen LogP contribution is -2.37. The summed E-state index contributed by atoms with van der Waals surface area (Å²) in [4.78, 5) is 18.4. The lowest BCUT2D eigenvalue weighted by atomic mass is 10.0. The molecular formula is C20H25N3O3S. The van der Waals surface area contributed by atoms with Crippen molar-refractivity contribution in [1.29, 1.82) is 0 Å². The number of carbonyl (C=O) groups is 1. The van der Waals surface area contributed by atoms with E-state index in [1.165, 1.54) is 16.7 Å². The maximum Gasteiger partial charge on any atom is 0.255 e. The van der Waals surface area contributed by atoms with Crippen LogP contribution in [0.2, 0.25) is 0 Å². The van der Waals surface area contributed by atoms with E-state index in [2.05, 4.69) is 36.3 Å². The van der Waals surface area contributed by atoms with Crippen LogP contribution >= 0.6 is 0 Å². The molecule has 1 unspecified atom stereocenters. The van der Waals surface area contributed by atoms with E-state index in [9.17, 15) is 13.2 Å². The van der Waals surface area contributed by atoms with E-state index in [4.69, 9.17) is 0 Å². The SMILES string of the molecule is CC(C)c1ccc(Nc2cncc(C(=O)N(C)C3CCS(=O)(=O)C3)c2)cc1. The van der Waals surface area contributed by atoms with Crippen LogP contribution in [0.25, 0.3) is 0 Å². The quantitative estimate of drug-likeness (QED) is 0.852. The Balaban J connectivity index is 1.72. The molecule has 6 nitrogen and oxygen atoms in total. The van der Waals surface area contributed by atoms with Crippen molar-refractivity contribution < 1.29 is 13.2 Å². The van der Waals surface area contributed by atoms with Gasteiger partial charge in [-0.1, -0.05) is 26.0 Å². The summed E-state index contributed by atoms with van der Waals surface area (Å²) in [6, 6.07) is 9.61. The Morgan fingerprint density at radius 2 is 1.89 bits per heavy atom. The molecule has 1 aliphatic rings. The lowest BCUT2D eigenvalue weighted by molar-refractivity contribution is 0.0747. The summed E-state index contributed by atoms with van der Waals surface area (Å²) in [5.74, 6) is 0.421. The third-order valence-corrected chi connectivity index (χ3v) is 6.68. The van der Waals surface area contributed by atoms with Gasteiger partial charge in [-0.25, -0.2) is 8.42 Å². The number of nitrogens with one attached hydrogen (secondary N) is 1. The number of carbonyl (C=O) groups excluding carboxylic acids is 1. The zero-order chi connectivity index (χ0) is 19.6. The maximum atomic E-state index is 12.7. The van der Waals surface area contributed by atoms with E-state index in [1.54, 1.807) is 19.3 Å². The first-order chi connectivity index (χ1) is 12.7. The highest BCUT2D eigenvalue weighted by Crippen LogP contribution is 2.22. The zero-order valence-electron chi connectivity index (χ0n) is 15.8. The third kappa shape index (κ3) is 4.66. The number of aromatic nitrogens is 1. The van der Waals surface area contributed by atoms with Crippen LogP contribution in [0.3, 0.4) is 0 Å². The van der Waals surface area contributed by atoms with Crippen LogP contribution in [0, 0.1) is 0 Å². The molecular weight excluding hydrogens is 362 g/mol. The molecule has 1 fully saturated rings. The van der Waals surface area contributed by atoms with E-state index >= 15 is 0 Å². The number of pyridine rings is 1. The van der Waals surface area contributed by atoms with Gasteiger partial charge in [-0.3, -0.25) is 9.78 Å². The Bertz CT molecular complexity index is 924. The molecule has 1 amide bonds. The van der Waals surface area contributed by atoms with Crippen molar-refractivity contribution in [3.05, 3.63) is 53.9 Å². The summed E-state index contributed by atoms with van der Waals surface area (Å²) in [5.41, 5.74) is 3.33.